The molecule has 0 saturated carbocycles. The zero-order valence-electron chi connectivity index (χ0n) is 7.71. The van der Waals surface area contributed by atoms with Gasteiger partial charge in [-0.1, -0.05) is 0 Å². The van der Waals surface area contributed by atoms with Crippen LogP contribution in [0.2, 0.25) is 0 Å². The van der Waals surface area contributed by atoms with Crippen molar-refractivity contribution < 1.29 is 13.5 Å². The van der Waals surface area contributed by atoms with Crippen molar-refractivity contribution in [2.24, 2.45) is 0 Å². The summed E-state index contributed by atoms with van der Waals surface area (Å²) in [5, 5.41) is 8.67. The molecule has 0 fully saturated rings. The van der Waals surface area contributed by atoms with Crippen LogP contribution in [0.15, 0.2) is 6.07 Å². The molecule has 0 radical (unpaired) electrons. The van der Waals surface area contributed by atoms with Crippen LogP contribution < -0.4 is 4.74 Å². The van der Waals surface area contributed by atoms with Crippen LogP contribution in [0.3, 0.4) is 0 Å². The molecule has 1 aromatic rings. The zero-order valence-corrected chi connectivity index (χ0v) is 7.71. The highest BCUT2D eigenvalue weighted by atomic mass is 19.3. The van der Waals surface area contributed by atoms with E-state index in [1.165, 1.54) is 13.2 Å². The molecule has 3 nitrogen and oxygen atoms in total. The minimum atomic E-state index is -2.77. The highest BCUT2D eigenvalue weighted by Crippen LogP contribution is 2.28. The number of halogens is 2. The molecule has 74 valence electrons. The second kappa shape index (κ2) is 4.01. The average molecular weight is 198 g/mol. The molecule has 0 bridgehead atoms. The molecule has 0 unspecified atom stereocenters. The van der Waals surface area contributed by atoms with Gasteiger partial charge in [0.2, 0.25) is 0 Å². The molecule has 5 heteroatoms. The van der Waals surface area contributed by atoms with Crippen LogP contribution in [0.5, 0.6) is 5.75 Å². The predicted octanol–water partition coefficient (Wildman–Crippen LogP) is 2.21. The van der Waals surface area contributed by atoms with E-state index in [9.17, 15) is 8.78 Å². The molecule has 0 N–H and O–H groups in total. The molecule has 0 aromatic carbocycles. The SMILES string of the molecule is COc1cc(C)nc(C(F)F)c1C#N. The van der Waals surface area contributed by atoms with Gasteiger partial charge in [-0.05, 0) is 6.92 Å². The van der Waals surface area contributed by atoms with Crippen LogP contribution in [0.25, 0.3) is 0 Å². The Morgan fingerprint density at radius 3 is 2.64 bits per heavy atom. The highest BCUT2D eigenvalue weighted by molar-refractivity contribution is 5.47. The Morgan fingerprint density at radius 2 is 2.21 bits per heavy atom. The normalized spacial score (nSPS) is 10.0. The van der Waals surface area contributed by atoms with Gasteiger partial charge in [-0.3, -0.25) is 4.98 Å². The summed E-state index contributed by atoms with van der Waals surface area (Å²) in [6.07, 6.45) is -2.77. The molecule has 14 heavy (non-hydrogen) atoms. The number of pyridine rings is 1. The minimum absolute atomic E-state index is 0.135. The van der Waals surface area contributed by atoms with Crippen LogP contribution in [-0.2, 0) is 0 Å². The van der Waals surface area contributed by atoms with Gasteiger partial charge >= 0.3 is 0 Å². The van der Waals surface area contributed by atoms with E-state index in [4.69, 9.17) is 10.00 Å². The van der Waals surface area contributed by atoms with Gasteiger partial charge in [0.15, 0.2) is 0 Å². The lowest BCUT2D eigenvalue weighted by Gasteiger charge is -2.08. The van der Waals surface area contributed by atoms with Gasteiger partial charge in [0.25, 0.3) is 6.43 Å². The molecule has 1 heterocycles. The summed E-state index contributed by atoms with van der Waals surface area (Å²) in [6.45, 7) is 1.57. The third-order valence-electron chi connectivity index (χ3n) is 1.68. The summed E-state index contributed by atoms with van der Waals surface area (Å²) in [7, 11) is 1.32. The lowest BCUT2D eigenvalue weighted by molar-refractivity contribution is 0.145. The lowest BCUT2D eigenvalue weighted by atomic mass is 10.1. The van der Waals surface area contributed by atoms with Crippen molar-refractivity contribution in [2.45, 2.75) is 13.3 Å². The lowest BCUT2D eigenvalue weighted by Crippen LogP contribution is -2.00. The number of rotatable bonds is 2. The number of methoxy groups -OCH3 is 1. The van der Waals surface area contributed by atoms with Crippen molar-refractivity contribution in [1.82, 2.24) is 4.98 Å². The smallest absolute Gasteiger partial charge is 0.281 e. The van der Waals surface area contributed by atoms with E-state index in [0.717, 1.165) is 0 Å². The number of nitrogens with zero attached hydrogens (tertiary/aromatic N) is 2. The largest absolute Gasteiger partial charge is 0.495 e. The summed E-state index contributed by atoms with van der Waals surface area (Å²) in [4.78, 5) is 3.60. The van der Waals surface area contributed by atoms with Crippen molar-refractivity contribution in [1.29, 1.82) is 5.26 Å². The van der Waals surface area contributed by atoms with E-state index in [-0.39, 0.29) is 11.3 Å². The topological polar surface area (TPSA) is 45.9 Å². The number of alkyl halides is 2. The third-order valence-corrected chi connectivity index (χ3v) is 1.68. The Labute approximate surface area is 79.9 Å². The molecule has 1 aromatic heterocycles. The highest BCUT2D eigenvalue weighted by Gasteiger charge is 2.19. The average Bonchev–Trinajstić information content (AvgIpc) is 2.16. The Hall–Kier alpha value is -1.70. The fourth-order valence-corrected chi connectivity index (χ4v) is 1.10. The molecular formula is C9H8F2N2O. The number of aromatic nitrogens is 1. The van der Waals surface area contributed by atoms with E-state index in [1.54, 1.807) is 13.0 Å². The first kappa shape index (κ1) is 10.4. The quantitative estimate of drug-likeness (QED) is 0.731. The Morgan fingerprint density at radius 1 is 1.57 bits per heavy atom. The first-order valence-corrected chi connectivity index (χ1v) is 3.84. The Balaban J connectivity index is 3.41. The summed E-state index contributed by atoms with van der Waals surface area (Å²) >= 11 is 0. The second-order valence-corrected chi connectivity index (χ2v) is 2.64. The first-order chi connectivity index (χ1) is 6.60. The van der Waals surface area contributed by atoms with Crippen molar-refractivity contribution in [3.63, 3.8) is 0 Å². The Kier molecular flexibility index (Phi) is 2.97. The first-order valence-electron chi connectivity index (χ1n) is 3.84. The van der Waals surface area contributed by atoms with Crippen LogP contribution in [0.4, 0.5) is 8.78 Å². The molecule has 0 amide bonds. The summed E-state index contributed by atoms with van der Waals surface area (Å²) < 4.78 is 29.7. The van der Waals surface area contributed by atoms with Crippen molar-refractivity contribution in [2.75, 3.05) is 7.11 Å². The molecule has 0 spiro atoms. The number of nitriles is 1. The van der Waals surface area contributed by atoms with E-state index < -0.39 is 12.1 Å². The summed E-state index contributed by atoms with van der Waals surface area (Å²) in [6, 6.07) is 3.11. The van der Waals surface area contributed by atoms with Crippen molar-refractivity contribution in [3.8, 4) is 11.8 Å². The van der Waals surface area contributed by atoms with Crippen LogP contribution in [0, 0.1) is 18.3 Å². The maximum absolute atomic E-state index is 12.4. The van der Waals surface area contributed by atoms with E-state index in [0.29, 0.717) is 5.69 Å². The van der Waals surface area contributed by atoms with Gasteiger partial charge in [0.1, 0.15) is 23.1 Å². The van der Waals surface area contributed by atoms with Crippen molar-refractivity contribution >= 4 is 0 Å². The third kappa shape index (κ3) is 1.79. The summed E-state index contributed by atoms with van der Waals surface area (Å²) in [5.74, 6) is 0.135. The van der Waals surface area contributed by atoms with Crippen LogP contribution in [-0.4, -0.2) is 12.1 Å². The second-order valence-electron chi connectivity index (χ2n) is 2.64. The molecule has 0 aliphatic heterocycles. The van der Waals surface area contributed by atoms with Crippen LogP contribution in [0.1, 0.15) is 23.4 Å². The standard InChI is InChI=1S/C9H8F2N2O/c1-5-3-7(14-2)6(4-12)8(13-5)9(10)11/h3,9H,1-2H3. The minimum Gasteiger partial charge on any atom is -0.495 e. The molecular weight excluding hydrogens is 190 g/mol. The molecule has 0 aliphatic rings. The predicted molar refractivity (Wildman–Crippen MR) is 45.2 cm³/mol. The monoisotopic (exact) mass is 198 g/mol. The number of hydrogen-bond donors (Lipinski definition) is 0. The van der Waals surface area contributed by atoms with Gasteiger partial charge in [-0.2, -0.15) is 5.26 Å². The van der Waals surface area contributed by atoms with E-state index in [1.807, 2.05) is 0 Å². The van der Waals surface area contributed by atoms with Gasteiger partial charge in [-0.25, -0.2) is 8.78 Å². The Bertz CT molecular complexity index is 385. The fourth-order valence-electron chi connectivity index (χ4n) is 1.10. The number of hydrogen-bond acceptors (Lipinski definition) is 3. The number of ether oxygens (including phenoxy) is 1. The van der Waals surface area contributed by atoms with E-state index in [2.05, 4.69) is 4.98 Å². The van der Waals surface area contributed by atoms with Gasteiger partial charge in [0, 0.05) is 11.8 Å². The fraction of sp³-hybridized carbons (Fsp3) is 0.333. The van der Waals surface area contributed by atoms with Gasteiger partial charge in [0.05, 0.1) is 7.11 Å². The van der Waals surface area contributed by atoms with Crippen molar-refractivity contribution in [3.05, 3.63) is 23.0 Å². The molecule has 0 saturated heterocycles. The summed E-state index contributed by atoms with van der Waals surface area (Å²) in [5.41, 5.74) is -0.325. The zero-order chi connectivity index (χ0) is 10.7. The molecule has 0 atom stereocenters. The van der Waals surface area contributed by atoms with Crippen LogP contribution >= 0.6 is 0 Å². The molecule has 1 rings (SSSR count). The number of aryl methyl sites for hydroxylation is 1. The maximum atomic E-state index is 12.4. The van der Waals surface area contributed by atoms with E-state index >= 15 is 0 Å². The maximum Gasteiger partial charge on any atom is 0.281 e. The van der Waals surface area contributed by atoms with Gasteiger partial charge in [-0.15, -0.1) is 0 Å². The molecule has 0 aliphatic carbocycles. The van der Waals surface area contributed by atoms with Gasteiger partial charge < -0.3 is 4.74 Å².